The summed E-state index contributed by atoms with van der Waals surface area (Å²) in [6.07, 6.45) is 3.18. The zero-order valence-electron chi connectivity index (χ0n) is 11.5. The van der Waals surface area contributed by atoms with Crippen molar-refractivity contribution in [2.45, 2.75) is 31.1 Å². The highest BCUT2D eigenvalue weighted by molar-refractivity contribution is 7.94. The Hall–Kier alpha value is -1.38. The minimum absolute atomic E-state index is 0.314. The largest absolute Gasteiger partial charge is 0.313 e. The van der Waals surface area contributed by atoms with Crippen molar-refractivity contribution >= 4 is 27.0 Å². The van der Waals surface area contributed by atoms with Gasteiger partial charge in [0.15, 0.2) is 0 Å². The molecule has 0 aromatic carbocycles. The van der Waals surface area contributed by atoms with Gasteiger partial charge < -0.3 is 5.32 Å². The maximum absolute atomic E-state index is 12.2. The third-order valence-electron chi connectivity index (χ3n) is 2.68. The van der Waals surface area contributed by atoms with Crippen LogP contribution in [0.2, 0.25) is 0 Å². The fourth-order valence-corrected chi connectivity index (χ4v) is 3.89. The molecule has 0 saturated carbocycles. The van der Waals surface area contributed by atoms with Crippen LogP contribution in [0.1, 0.15) is 19.4 Å². The summed E-state index contributed by atoms with van der Waals surface area (Å²) < 4.78 is 29.0. The molecule has 0 aliphatic carbocycles. The Balaban J connectivity index is 2.11. The lowest BCUT2D eigenvalue weighted by atomic mass is 10.3. The SMILES string of the molecule is CCNCc1csc(S(=O)(=O)Nc2cnn(CC)c2)c1. The van der Waals surface area contributed by atoms with Crippen LogP contribution < -0.4 is 10.0 Å². The van der Waals surface area contributed by atoms with Crippen LogP contribution in [-0.2, 0) is 23.1 Å². The molecule has 20 heavy (non-hydrogen) atoms. The zero-order valence-corrected chi connectivity index (χ0v) is 13.1. The lowest BCUT2D eigenvalue weighted by molar-refractivity contribution is 0.603. The molecule has 2 rings (SSSR count). The van der Waals surface area contributed by atoms with Crippen molar-refractivity contribution in [1.82, 2.24) is 15.1 Å². The molecule has 8 heteroatoms. The molecular formula is C12H18N4O2S2. The predicted octanol–water partition coefficient (Wildman–Crippen LogP) is 1.87. The number of sulfonamides is 1. The number of nitrogens with one attached hydrogen (secondary N) is 2. The van der Waals surface area contributed by atoms with Gasteiger partial charge in [0.25, 0.3) is 10.0 Å². The maximum Gasteiger partial charge on any atom is 0.271 e. The molecule has 0 saturated heterocycles. The van der Waals surface area contributed by atoms with Gasteiger partial charge >= 0.3 is 0 Å². The van der Waals surface area contributed by atoms with Crippen LogP contribution in [0.15, 0.2) is 28.0 Å². The summed E-state index contributed by atoms with van der Waals surface area (Å²) >= 11 is 1.22. The van der Waals surface area contributed by atoms with E-state index in [4.69, 9.17) is 0 Å². The van der Waals surface area contributed by atoms with E-state index in [9.17, 15) is 8.42 Å². The first-order valence-corrected chi connectivity index (χ1v) is 8.75. The number of anilines is 1. The van der Waals surface area contributed by atoms with Gasteiger partial charge in [0.05, 0.1) is 11.9 Å². The number of aromatic nitrogens is 2. The number of aryl methyl sites for hydroxylation is 1. The summed E-state index contributed by atoms with van der Waals surface area (Å²) in [7, 11) is -3.53. The van der Waals surface area contributed by atoms with Crippen molar-refractivity contribution < 1.29 is 8.42 Å². The summed E-state index contributed by atoms with van der Waals surface area (Å²) in [6, 6.07) is 1.69. The Morgan fingerprint density at radius 1 is 1.40 bits per heavy atom. The number of nitrogens with zero attached hydrogens (tertiary/aromatic N) is 2. The number of hydrogen-bond acceptors (Lipinski definition) is 5. The molecule has 0 atom stereocenters. The van der Waals surface area contributed by atoms with Crippen molar-refractivity contribution in [3.63, 3.8) is 0 Å². The molecular weight excluding hydrogens is 296 g/mol. The van der Waals surface area contributed by atoms with E-state index in [2.05, 4.69) is 15.1 Å². The zero-order chi connectivity index (χ0) is 14.6. The molecule has 0 spiro atoms. The first-order chi connectivity index (χ1) is 9.55. The highest BCUT2D eigenvalue weighted by Gasteiger charge is 2.17. The quantitative estimate of drug-likeness (QED) is 0.818. The molecule has 0 aliphatic rings. The van der Waals surface area contributed by atoms with Gasteiger partial charge in [-0.25, -0.2) is 8.42 Å². The molecule has 110 valence electrons. The van der Waals surface area contributed by atoms with Gasteiger partial charge in [-0.05, 0) is 30.5 Å². The monoisotopic (exact) mass is 314 g/mol. The first-order valence-electron chi connectivity index (χ1n) is 6.38. The Morgan fingerprint density at radius 2 is 2.20 bits per heavy atom. The highest BCUT2D eigenvalue weighted by Crippen LogP contribution is 2.22. The van der Waals surface area contributed by atoms with E-state index in [0.717, 1.165) is 12.1 Å². The number of rotatable bonds is 7. The molecule has 0 amide bonds. The maximum atomic E-state index is 12.2. The molecule has 6 nitrogen and oxygen atoms in total. The highest BCUT2D eigenvalue weighted by atomic mass is 32.2. The van der Waals surface area contributed by atoms with Crippen LogP contribution in [0.25, 0.3) is 0 Å². The van der Waals surface area contributed by atoms with E-state index >= 15 is 0 Å². The third-order valence-corrected chi connectivity index (χ3v) is 5.55. The Morgan fingerprint density at radius 3 is 2.85 bits per heavy atom. The molecule has 2 N–H and O–H groups in total. The van der Waals surface area contributed by atoms with E-state index in [1.165, 1.54) is 17.5 Å². The van der Waals surface area contributed by atoms with E-state index in [1.54, 1.807) is 16.9 Å². The topological polar surface area (TPSA) is 76.0 Å². The van der Waals surface area contributed by atoms with Gasteiger partial charge in [-0.15, -0.1) is 11.3 Å². The second-order valence-electron chi connectivity index (χ2n) is 4.24. The van der Waals surface area contributed by atoms with Gasteiger partial charge in [0.1, 0.15) is 4.21 Å². The average Bonchev–Trinajstić information content (AvgIpc) is 3.04. The molecule has 0 fully saturated rings. The summed E-state index contributed by atoms with van der Waals surface area (Å²) in [5.74, 6) is 0. The summed E-state index contributed by atoms with van der Waals surface area (Å²) in [5.41, 5.74) is 1.45. The van der Waals surface area contributed by atoms with E-state index in [-0.39, 0.29) is 0 Å². The Bertz CT molecular complexity index is 661. The fraction of sp³-hybridized carbons (Fsp3) is 0.417. The van der Waals surface area contributed by atoms with Gasteiger partial charge in [-0.2, -0.15) is 5.10 Å². The minimum atomic E-state index is -3.53. The Labute approximate surface area is 122 Å². The van der Waals surface area contributed by atoms with E-state index in [1.807, 2.05) is 19.2 Å². The van der Waals surface area contributed by atoms with Crippen molar-refractivity contribution in [2.24, 2.45) is 0 Å². The predicted molar refractivity (Wildman–Crippen MR) is 80.4 cm³/mol. The normalized spacial score (nSPS) is 11.7. The van der Waals surface area contributed by atoms with Crippen molar-refractivity contribution in [1.29, 1.82) is 0 Å². The molecule has 0 radical (unpaired) electrons. The minimum Gasteiger partial charge on any atom is -0.313 e. The van der Waals surface area contributed by atoms with Crippen molar-refractivity contribution in [3.8, 4) is 0 Å². The van der Waals surface area contributed by atoms with Crippen molar-refractivity contribution in [2.75, 3.05) is 11.3 Å². The van der Waals surface area contributed by atoms with Gasteiger partial charge in [0, 0.05) is 19.3 Å². The van der Waals surface area contributed by atoms with Crippen LogP contribution in [0.5, 0.6) is 0 Å². The molecule has 2 aromatic rings. The van der Waals surface area contributed by atoms with Crippen molar-refractivity contribution in [3.05, 3.63) is 29.4 Å². The lowest BCUT2D eigenvalue weighted by Crippen LogP contribution is -2.12. The van der Waals surface area contributed by atoms with Crippen LogP contribution in [0, 0.1) is 0 Å². The smallest absolute Gasteiger partial charge is 0.271 e. The molecule has 0 bridgehead atoms. The second kappa shape index (κ2) is 6.38. The summed E-state index contributed by atoms with van der Waals surface area (Å²) in [4.78, 5) is 0. The number of thiophene rings is 1. The van der Waals surface area contributed by atoms with E-state index < -0.39 is 10.0 Å². The lowest BCUT2D eigenvalue weighted by Gasteiger charge is -2.02. The summed E-state index contributed by atoms with van der Waals surface area (Å²) in [5, 5.41) is 9.06. The van der Waals surface area contributed by atoms with Crippen LogP contribution in [-0.4, -0.2) is 24.7 Å². The second-order valence-corrected chi connectivity index (χ2v) is 7.06. The molecule has 0 unspecified atom stereocenters. The van der Waals surface area contributed by atoms with E-state index in [0.29, 0.717) is 23.0 Å². The first kappa shape index (κ1) is 15.0. The standard InChI is InChI=1S/C12H18N4O2S2/c1-3-13-6-10-5-12(19-9-10)20(17,18)15-11-7-14-16(4-2)8-11/h5,7-9,13,15H,3-4,6H2,1-2H3. The molecule has 2 aromatic heterocycles. The Kier molecular flexibility index (Phi) is 4.79. The van der Waals surface area contributed by atoms with Gasteiger partial charge in [-0.1, -0.05) is 6.92 Å². The van der Waals surface area contributed by atoms with Crippen LogP contribution in [0.3, 0.4) is 0 Å². The van der Waals surface area contributed by atoms with Crippen LogP contribution >= 0.6 is 11.3 Å². The van der Waals surface area contributed by atoms with Gasteiger partial charge in [0.2, 0.25) is 0 Å². The fourth-order valence-electron chi connectivity index (χ4n) is 1.65. The number of hydrogen-bond donors (Lipinski definition) is 2. The molecule has 2 heterocycles. The summed E-state index contributed by atoms with van der Waals surface area (Å²) in [6.45, 7) is 6.19. The van der Waals surface area contributed by atoms with Gasteiger partial charge in [-0.3, -0.25) is 9.40 Å². The molecule has 0 aliphatic heterocycles. The third kappa shape index (κ3) is 3.59. The van der Waals surface area contributed by atoms with Crippen LogP contribution in [0.4, 0.5) is 5.69 Å². The average molecular weight is 314 g/mol.